The summed E-state index contributed by atoms with van der Waals surface area (Å²) in [6.45, 7) is 4.48. The highest BCUT2D eigenvalue weighted by Crippen LogP contribution is 2.21. The van der Waals surface area contributed by atoms with Crippen molar-refractivity contribution < 1.29 is 14.6 Å². The van der Waals surface area contributed by atoms with E-state index in [0.29, 0.717) is 12.4 Å². The van der Waals surface area contributed by atoms with E-state index in [-0.39, 0.29) is 5.69 Å². The Kier molecular flexibility index (Phi) is 4.08. The molecule has 1 heterocycles. The zero-order valence-electron chi connectivity index (χ0n) is 11.9. The van der Waals surface area contributed by atoms with E-state index >= 15 is 0 Å². The summed E-state index contributed by atoms with van der Waals surface area (Å²) in [4.78, 5) is 14.9. The van der Waals surface area contributed by atoms with Crippen molar-refractivity contribution in [2.45, 2.75) is 26.8 Å². The van der Waals surface area contributed by atoms with Gasteiger partial charge in [-0.1, -0.05) is 19.1 Å². The van der Waals surface area contributed by atoms with Crippen LogP contribution in [0.5, 0.6) is 5.75 Å². The van der Waals surface area contributed by atoms with Crippen LogP contribution >= 0.6 is 0 Å². The highest BCUT2D eigenvalue weighted by atomic mass is 16.5. The molecule has 0 aliphatic rings. The number of carboxylic acids is 1. The molecular formula is C15H18N2O3. The Balaban J connectivity index is 2.28. The first-order valence-corrected chi connectivity index (χ1v) is 6.48. The monoisotopic (exact) mass is 274 g/mol. The molecule has 0 aliphatic carbocycles. The Morgan fingerprint density at radius 1 is 1.45 bits per heavy atom. The van der Waals surface area contributed by atoms with Crippen LogP contribution in [0.3, 0.4) is 0 Å². The van der Waals surface area contributed by atoms with Crippen molar-refractivity contribution in [1.82, 2.24) is 9.55 Å². The molecule has 0 radical (unpaired) electrons. The average Bonchev–Trinajstić information content (AvgIpc) is 2.80. The largest absolute Gasteiger partial charge is 0.496 e. The lowest BCUT2D eigenvalue weighted by Gasteiger charge is -2.10. The Morgan fingerprint density at radius 2 is 2.20 bits per heavy atom. The predicted molar refractivity (Wildman–Crippen MR) is 75.4 cm³/mol. The summed E-state index contributed by atoms with van der Waals surface area (Å²) in [6.07, 6.45) is 2.45. The third-order valence-corrected chi connectivity index (χ3v) is 3.27. The van der Waals surface area contributed by atoms with Crippen molar-refractivity contribution in [3.05, 3.63) is 47.0 Å². The third-order valence-electron chi connectivity index (χ3n) is 3.27. The zero-order valence-corrected chi connectivity index (χ0v) is 11.9. The maximum absolute atomic E-state index is 10.9. The van der Waals surface area contributed by atoms with Gasteiger partial charge in [0.25, 0.3) is 0 Å². The van der Waals surface area contributed by atoms with Gasteiger partial charge < -0.3 is 14.4 Å². The normalized spacial score (nSPS) is 10.6. The molecule has 0 spiro atoms. The van der Waals surface area contributed by atoms with Gasteiger partial charge in [0.1, 0.15) is 11.6 Å². The number of benzene rings is 1. The van der Waals surface area contributed by atoms with Crippen molar-refractivity contribution in [3.63, 3.8) is 0 Å². The SMILES string of the molecule is CCc1cc(Cn2cc(C(=O)O)nc2C)ccc1OC. The minimum Gasteiger partial charge on any atom is -0.496 e. The van der Waals surface area contributed by atoms with E-state index < -0.39 is 5.97 Å². The topological polar surface area (TPSA) is 64.4 Å². The lowest BCUT2D eigenvalue weighted by Crippen LogP contribution is -2.02. The summed E-state index contributed by atoms with van der Waals surface area (Å²) >= 11 is 0. The highest BCUT2D eigenvalue weighted by Gasteiger charge is 2.11. The Hall–Kier alpha value is -2.30. The van der Waals surface area contributed by atoms with E-state index in [9.17, 15) is 4.79 Å². The quantitative estimate of drug-likeness (QED) is 0.910. The summed E-state index contributed by atoms with van der Waals surface area (Å²) in [5.74, 6) is 0.567. The number of carboxylic acid groups (broad SMARTS) is 1. The zero-order chi connectivity index (χ0) is 14.7. The van der Waals surface area contributed by atoms with E-state index in [1.165, 1.54) is 0 Å². The lowest BCUT2D eigenvalue weighted by atomic mass is 10.1. The number of aromatic nitrogens is 2. The number of ether oxygens (including phenoxy) is 1. The second kappa shape index (κ2) is 5.77. The maximum atomic E-state index is 10.9. The van der Waals surface area contributed by atoms with Crippen LogP contribution in [0.1, 0.15) is 34.4 Å². The number of imidazole rings is 1. The minimum atomic E-state index is -1.00. The molecule has 1 aromatic carbocycles. The molecule has 1 N–H and O–H groups in total. The molecule has 20 heavy (non-hydrogen) atoms. The van der Waals surface area contributed by atoms with E-state index in [0.717, 1.165) is 23.3 Å². The predicted octanol–water partition coefficient (Wildman–Crippen LogP) is 2.51. The highest BCUT2D eigenvalue weighted by molar-refractivity contribution is 5.85. The molecule has 0 unspecified atom stereocenters. The summed E-state index contributed by atoms with van der Waals surface area (Å²) < 4.78 is 7.14. The van der Waals surface area contributed by atoms with Crippen molar-refractivity contribution >= 4 is 5.97 Å². The molecule has 0 atom stereocenters. The van der Waals surface area contributed by atoms with E-state index in [1.807, 2.05) is 16.7 Å². The molecule has 2 rings (SSSR count). The van der Waals surface area contributed by atoms with Crippen LogP contribution < -0.4 is 4.74 Å². The van der Waals surface area contributed by atoms with Crippen LogP contribution in [0.15, 0.2) is 24.4 Å². The van der Waals surface area contributed by atoms with Crippen LogP contribution in [0, 0.1) is 6.92 Å². The van der Waals surface area contributed by atoms with Gasteiger partial charge in [-0.15, -0.1) is 0 Å². The molecule has 106 valence electrons. The number of rotatable bonds is 5. The Bertz CT molecular complexity index is 632. The number of hydrogen-bond acceptors (Lipinski definition) is 3. The number of hydrogen-bond donors (Lipinski definition) is 1. The second-order valence-corrected chi connectivity index (χ2v) is 4.61. The molecule has 0 saturated carbocycles. The third kappa shape index (κ3) is 2.82. The Morgan fingerprint density at radius 3 is 2.75 bits per heavy atom. The minimum absolute atomic E-state index is 0.0757. The first-order valence-electron chi connectivity index (χ1n) is 6.48. The molecule has 0 aliphatic heterocycles. The van der Waals surface area contributed by atoms with Gasteiger partial charge in [-0.3, -0.25) is 0 Å². The first-order chi connectivity index (χ1) is 9.55. The fourth-order valence-corrected chi connectivity index (χ4v) is 2.17. The fourth-order valence-electron chi connectivity index (χ4n) is 2.17. The summed E-state index contributed by atoms with van der Waals surface area (Å²) in [6, 6.07) is 6.01. The second-order valence-electron chi connectivity index (χ2n) is 4.61. The lowest BCUT2D eigenvalue weighted by molar-refractivity contribution is 0.0691. The van der Waals surface area contributed by atoms with Gasteiger partial charge in [0.05, 0.1) is 7.11 Å². The molecule has 0 amide bonds. The van der Waals surface area contributed by atoms with Crippen molar-refractivity contribution in [3.8, 4) is 5.75 Å². The number of aromatic carboxylic acids is 1. The van der Waals surface area contributed by atoms with Gasteiger partial charge >= 0.3 is 5.97 Å². The molecule has 1 aromatic heterocycles. The van der Waals surface area contributed by atoms with E-state index in [1.54, 1.807) is 20.2 Å². The van der Waals surface area contributed by atoms with Crippen molar-refractivity contribution in [1.29, 1.82) is 0 Å². The standard InChI is InChI=1S/C15H18N2O3/c1-4-12-7-11(5-6-14(12)20-3)8-17-9-13(15(18)19)16-10(17)2/h5-7,9H,4,8H2,1-3H3,(H,18,19). The van der Waals surface area contributed by atoms with E-state index in [2.05, 4.69) is 18.0 Å². The van der Waals surface area contributed by atoms with Crippen LogP contribution in [0.4, 0.5) is 0 Å². The number of carbonyl (C=O) groups is 1. The van der Waals surface area contributed by atoms with Gasteiger partial charge in [-0.2, -0.15) is 0 Å². The number of aryl methyl sites for hydroxylation is 2. The van der Waals surface area contributed by atoms with Gasteiger partial charge in [-0.05, 0) is 30.5 Å². The fraction of sp³-hybridized carbons (Fsp3) is 0.333. The average molecular weight is 274 g/mol. The summed E-state index contributed by atoms with van der Waals surface area (Å²) in [5, 5.41) is 8.95. The molecular weight excluding hydrogens is 256 g/mol. The molecule has 5 nitrogen and oxygen atoms in total. The van der Waals surface area contributed by atoms with Crippen LogP contribution in [-0.4, -0.2) is 27.7 Å². The summed E-state index contributed by atoms with van der Waals surface area (Å²) in [7, 11) is 1.66. The summed E-state index contributed by atoms with van der Waals surface area (Å²) in [5.41, 5.74) is 2.31. The first kappa shape index (κ1) is 14.1. The van der Waals surface area contributed by atoms with Crippen LogP contribution in [0.25, 0.3) is 0 Å². The maximum Gasteiger partial charge on any atom is 0.356 e. The molecule has 0 saturated heterocycles. The van der Waals surface area contributed by atoms with Gasteiger partial charge in [-0.25, -0.2) is 9.78 Å². The van der Waals surface area contributed by atoms with E-state index in [4.69, 9.17) is 9.84 Å². The molecule has 2 aromatic rings. The Labute approximate surface area is 117 Å². The number of nitrogens with zero attached hydrogens (tertiary/aromatic N) is 2. The van der Waals surface area contributed by atoms with Crippen molar-refractivity contribution in [2.24, 2.45) is 0 Å². The van der Waals surface area contributed by atoms with Gasteiger partial charge in [0.2, 0.25) is 0 Å². The molecule has 0 fully saturated rings. The molecule has 0 bridgehead atoms. The van der Waals surface area contributed by atoms with Crippen LogP contribution in [0.2, 0.25) is 0 Å². The van der Waals surface area contributed by atoms with Gasteiger partial charge in [0.15, 0.2) is 5.69 Å². The van der Waals surface area contributed by atoms with Crippen LogP contribution in [-0.2, 0) is 13.0 Å². The molecule has 5 heteroatoms. The number of methoxy groups -OCH3 is 1. The smallest absolute Gasteiger partial charge is 0.356 e. The van der Waals surface area contributed by atoms with Crippen molar-refractivity contribution in [2.75, 3.05) is 7.11 Å². The van der Waals surface area contributed by atoms with Gasteiger partial charge in [0, 0.05) is 12.7 Å².